The zero-order chi connectivity index (χ0) is 16.6. The Morgan fingerprint density at radius 3 is 2.57 bits per heavy atom. The number of hydrogen-bond acceptors (Lipinski definition) is 3. The van der Waals surface area contributed by atoms with Crippen LogP contribution in [0.15, 0.2) is 42.5 Å². The Morgan fingerprint density at radius 1 is 1.17 bits per heavy atom. The van der Waals surface area contributed by atoms with E-state index in [0.29, 0.717) is 0 Å². The topological polar surface area (TPSA) is 50.2 Å². The number of hydrogen-bond donors (Lipinski definition) is 1. The van der Waals surface area contributed by atoms with E-state index >= 15 is 0 Å². The number of anilines is 2. The fourth-order valence-electron chi connectivity index (χ4n) is 2.74. The molecular formula is C18H20N4O. The van der Waals surface area contributed by atoms with Gasteiger partial charge in [0.25, 0.3) is 0 Å². The fraction of sp³-hybridized carbons (Fsp3) is 0.222. The first-order valence-electron chi connectivity index (χ1n) is 7.51. The molecule has 1 heterocycles. The van der Waals surface area contributed by atoms with E-state index in [2.05, 4.69) is 16.0 Å². The molecule has 0 atom stereocenters. The van der Waals surface area contributed by atoms with Crippen molar-refractivity contribution in [3.05, 3.63) is 48.0 Å². The van der Waals surface area contributed by atoms with Gasteiger partial charge in [0.05, 0.1) is 16.7 Å². The predicted octanol–water partition coefficient (Wildman–Crippen LogP) is 3.36. The second kappa shape index (κ2) is 5.76. The summed E-state index contributed by atoms with van der Waals surface area (Å²) in [6.45, 7) is 3.55. The van der Waals surface area contributed by atoms with Gasteiger partial charge >= 0.3 is 0 Å². The monoisotopic (exact) mass is 308 g/mol. The van der Waals surface area contributed by atoms with Crippen molar-refractivity contribution < 1.29 is 4.79 Å². The van der Waals surface area contributed by atoms with Gasteiger partial charge in [-0.25, -0.2) is 4.98 Å². The molecule has 3 aromatic rings. The summed E-state index contributed by atoms with van der Waals surface area (Å²) in [5, 5.41) is 2.82. The lowest BCUT2D eigenvalue weighted by atomic mass is 10.1. The Morgan fingerprint density at radius 2 is 1.91 bits per heavy atom. The van der Waals surface area contributed by atoms with E-state index in [0.717, 1.165) is 33.9 Å². The Kier molecular flexibility index (Phi) is 3.78. The third-order valence-electron chi connectivity index (χ3n) is 3.70. The molecule has 118 valence electrons. The molecule has 0 bridgehead atoms. The Bertz CT molecular complexity index is 880. The molecule has 0 radical (unpaired) electrons. The van der Waals surface area contributed by atoms with Gasteiger partial charge in [-0.05, 0) is 42.8 Å². The summed E-state index contributed by atoms with van der Waals surface area (Å²) in [4.78, 5) is 17.9. The third-order valence-corrected chi connectivity index (χ3v) is 3.70. The first-order valence-corrected chi connectivity index (χ1v) is 7.51. The molecule has 0 spiro atoms. The van der Waals surface area contributed by atoms with E-state index in [-0.39, 0.29) is 5.91 Å². The minimum absolute atomic E-state index is 0.0702. The minimum atomic E-state index is -0.0702. The average Bonchev–Trinajstić information content (AvgIpc) is 2.86. The highest BCUT2D eigenvalue weighted by Crippen LogP contribution is 2.29. The highest BCUT2D eigenvalue weighted by molar-refractivity contribution is 5.89. The molecule has 1 amide bonds. The molecule has 5 heteroatoms. The molecule has 2 aromatic carbocycles. The van der Waals surface area contributed by atoms with Crippen molar-refractivity contribution in [3.8, 4) is 5.69 Å². The van der Waals surface area contributed by atoms with Gasteiger partial charge in [-0.1, -0.05) is 12.1 Å². The standard InChI is InChI=1S/C18H20N4O/c1-12-11-14(19-13(2)23)9-10-16(12)22-17-8-6-5-7-15(17)20-18(22)21(3)4/h5-11H,1-4H3,(H,19,23). The van der Waals surface area contributed by atoms with Crippen molar-refractivity contribution in [1.29, 1.82) is 0 Å². The van der Waals surface area contributed by atoms with Gasteiger partial charge in [0, 0.05) is 26.7 Å². The van der Waals surface area contributed by atoms with Gasteiger partial charge < -0.3 is 10.2 Å². The number of para-hydroxylation sites is 2. The highest BCUT2D eigenvalue weighted by Gasteiger charge is 2.15. The second-order valence-electron chi connectivity index (χ2n) is 5.81. The Labute approximate surface area is 135 Å². The average molecular weight is 308 g/mol. The number of carbonyl (C=O) groups is 1. The molecule has 0 fully saturated rings. The van der Waals surface area contributed by atoms with Crippen LogP contribution in [0.4, 0.5) is 11.6 Å². The molecular weight excluding hydrogens is 288 g/mol. The molecule has 5 nitrogen and oxygen atoms in total. The summed E-state index contributed by atoms with van der Waals surface area (Å²) in [5.41, 5.74) is 4.95. The van der Waals surface area contributed by atoms with Gasteiger partial charge in [-0.2, -0.15) is 0 Å². The van der Waals surface area contributed by atoms with Gasteiger partial charge in [0.1, 0.15) is 0 Å². The van der Waals surface area contributed by atoms with Crippen LogP contribution in [-0.4, -0.2) is 29.6 Å². The lowest BCUT2D eigenvalue weighted by Gasteiger charge is -2.17. The zero-order valence-electron chi connectivity index (χ0n) is 13.8. The Balaban J connectivity index is 2.20. The van der Waals surface area contributed by atoms with Crippen LogP contribution in [-0.2, 0) is 4.79 Å². The third kappa shape index (κ3) is 2.77. The van der Waals surface area contributed by atoms with Crippen molar-refractivity contribution in [1.82, 2.24) is 9.55 Å². The molecule has 0 unspecified atom stereocenters. The number of rotatable bonds is 3. The van der Waals surface area contributed by atoms with Gasteiger partial charge in [-0.15, -0.1) is 0 Å². The minimum Gasteiger partial charge on any atom is -0.348 e. The highest BCUT2D eigenvalue weighted by atomic mass is 16.1. The summed E-state index contributed by atoms with van der Waals surface area (Å²) in [6, 6.07) is 14.0. The number of nitrogens with zero attached hydrogens (tertiary/aromatic N) is 3. The van der Waals surface area contributed by atoms with Crippen molar-refractivity contribution in [2.24, 2.45) is 0 Å². The number of aromatic nitrogens is 2. The normalized spacial score (nSPS) is 10.8. The van der Waals surface area contributed by atoms with Crippen LogP contribution in [0.5, 0.6) is 0 Å². The van der Waals surface area contributed by atoms with Gasteiger partial charge in [-0.3, -0.25) is 9.36 Å². The maximum Gasteiger partial charge on any atom is 0.221 e. The molecule has 0 aliphatic heterocycles. The quantitative estimate of drug-likeness (QED) is 0.807. The van der Waals surface area contributed by atoms with E-state index in [4.69, 9.17) is 4.98 Å². The van der Waals surface area contributed by atoms with Crippen LogP contribution < -0.4 is 10.2 Å². The zero-order valence-corrected chi connectivity index (χ0v) is 13.8. The van der Waals surface area contributed by atoms with Crippen LogP contribution >= 0.6 is 0 Å². The van der Waals surface area contributed by atoms with Crippen LogP contribution in [0.2, 0.25) is 0 Å². The summed E-state index contributed by atoms with van der Waals surface area (Å²) < 4.78 is 2.14. The smallest absolute Gasteiger partial charge is 0.221 e. The van der Waals surface area contributed by atoms with E-state index in [1.807, 2.05) is 62.3 Å². The predicted molar refractivity (Wildman–Crippen MR) is 94.4 cm³/mol. The number of benzene rings is 2. The summed E-state index contributed by atoms with van der Waals surface area (Å²) in [6.07, 6.45) is 0. The fourth-order valence-corrected chi connectivity index (χ4v) is 2.74. The number of imidazole rings is 1. The number of aryl methyl sites for hydroxylation is 1. The van der Waals surface area contributed by atoms with E-state index < -0.39 is 0 Å². The number of fused-ring (bicyclic) bond motifs is 1. The largest absolute Gasteiger partial charge is 0.348 e. The summed E-state index contributed by atoms with van der Waals surface area (Å²) in [7, 11) is 3.97. The van der Waals surface area contributed by atoms with Crippen LogP contribution in [0.25, 0.3) is 16.7 Å². The maximum absolute atomic E-state index is 11.2. The number of amides is 1. The number of nitrogens with one attached hydrogen (secondary N) is 1. The maximum atomic E-state index is 11.2. The van der Waals surface area contributed by atoms with Crippen molar-refractivity contribution in [2.75, 3.05) is 24.3 Å². The van der Waals surface area contributed by atoms with Gasteiger partial charge in [0.2, 0.25) is 11.9 Å². The molecule has 0 saturated heterocycles. The van der Waals surface area contributed by atoms with Crippen LogP contribution in [0.1, 0.15) is 12.5 Å². The van der Waals surface area contributed by atoms with Crippen molar-refractivity contribution >= 4 is 28.6 Å². The molecule has 0 saturated carbocycles. The molecule has 1 aromatic heterocycles. The van der Waals surface area contributed by atoms with E-state index in [1.54, 1.807) is 0 Å². The molecule has 0 aliphatic rings. The summed E-state index contributed by atoms with van der Waals surface area (Å²) >= 11 is 0. The summed E-state index contributed by atoms with van der Waals surface area (Å²) in [5.74, 6) is 0.806. The first-order chi connectivity index (χ1) is 11.0. The van der Waals surface area contributed by atoms with Crippen molar-refractivity contribution in [3.63, 3.8) is 0 Å². The first kappa shape index (κ1) is 15.1. The van der Waals surface area contributed by atoms with Crippen LogP contribution in [0, 0.1) is 6.92 Å². The van der Waals surface area contributed by atoms with Gasteiger partial charge in [0.15, 0.2) is 0 Å². The van der Waals surface area contributed by atoms with E-state index in [9.17, 15) is 4.79 Å². The molecule has 0 aliphatic carbocycles. The molecule has 1 N–H and O–H groups in total. The lowest BCUT2D eigenvalue weighted by Crippen LogP contribution is -2.15. The lowest BCUT2D eigenvalue weighted by molar-refractivity contribution is -0.114. The Hall–Kier alpha value is -2.82. The molecule has 23 heavy (non-hydrogen) atoms. The van der Waals surface area contributed by atoms with Crippen LogP contribution in [0.3, 0.4) is 0 Å². The SMILES string of the molecule is CC(=O)Nc1ccc(-n2c(N(C)C)nc3ccccc32)c(C)c1. The molecule has 3 rings (SSSR count). The van der Waals surface area contributed by atoms with E-state index in [1.165, 1.54) is 6.92 Å². The second-order valence-corrected chi connectivity index (χ2v) is 5.81. The number of carbonyl (C=O) groups excluding carboxylic acids is 1. The van der Waals surface area contributed by atoms with Crippen molar-refractivity contribution in [2.45, 2.75) is 13.8 Å².